The van der Waals surface area contributed by atoms with Crippen LogP contribution in [-0.2, 0) is 4.79 Å². The van der Waals surface area contributed by atoms with Crippen LogP contribution in [0, 0.1) is 12.8 Å². The zero-order valence-electron chi connectivity index (χ0n) is 16.2. The van der Waals surface area contributed by atoms with Gasteiger partial charge >= 0.3 is 0 Å². The molecule has 1 unspecified atom stereocenters. The molecule has 1 amide bonds. The molecule has 0 radical (unpaired) electrons. The summed E-state index contributed by atoms with van der Waals surface area (Å²) in [5, 5.41) is 9.29. The minimum atomic E-state index is -0.205. The Bertz CT molecular complexity index is 861. The third kappa shape index (κ3) is 4.87. The normalized spacial score (nSPS) is 16.9. The zero-order valence-corrected chi connectivity index (χ0v) is 16.2. The fraction of sp³-hybridized carbons (Fsp3) is 0.450. The zero-order chi connectivity index (χ0) is 19.4. The Balaban J connectivity index is 1.61. The van der Waals surface area contributed by atoms with Crippen LogP contribution >= 0.6 is 0 Å². The number of aromatic nitrogens is 2. The number of nitrogens with one attached hydrogen (secondary N) is 2. The lowest BCUT2D eigenvalue weighted by Crippen LogP contribution is -2.37. The summed E-state index contributed by atoms with van der Waals surface area (Å²) < 4.78 is 0. The number of benzene rings is 1. The summed E-state index contributed by atoms with van der Waals surface area (Å²) in [6, 6.07) is 7.52. The number of H-pyrrole nitrogens is 1. The topological polar surface area (TPSA) is 81.3 Å². The van der Waals surface area contributed by atoms with Crippen LogP contribution in [0.25, 0.3) is 0 Å². The number of nitrogens with zero attached hydrogens (tertiary/aromatic N) is 3. The first-order valence-corrected chi connectivity index (χ1v) is 9.30. The summed E-state index contributed by atoms with van der Waals surface area (Å²) in [6.07, 6.45) is 4.15. The average molecular weight is 369 g/mol. The number of piperidine rings is 1. The number of hydrogen-bond donors (Lipinski definition) is 2. The first-order chi connectivity index (χ1) is 12.9. The van der Waals surface area contributed by atoms with E-state index in [2.05, 4.69) is 27.3 Å². The van der Waals surface area contributed by atoms with E-state index in [0.717, 1.165) is 43.0 Å². The summed E-state index contributed by atoms with van der Waals surface area (Å²) in [5.74, 6) is 0.288. The summed E-state index contributed by atoms with van der Waals surface area (Å²) in [5.41, 5.74) is 3.70. The lowest BCUT2D eigenvalue weighted by Gasteiger charge is -2.33. The van der Waals surface area contributed by atoms with Crippen molar-refractivity contribution in [1.82, 2.24) is 10.2 Å². The molecule has 1 saturated heterocycles. The van der Waals surface area contributed by atoms with Crippen molar-refractivity contribution in [1.29, 1.82) is 0 Å². The van der Waals surface area contributed by atoms with Gasteiger partial charge in [-0.2, -0.15) is 5.10 Å². The van der Waals surface area contributed by atoms with Crippen LogP contribution in [0.3, 0.4) is 0 Å². The van der Waals surface area contributed by atoms with Crippen LogP contribution in [0.4, 0.5) is 17.1 Å². The quantitative estimate of drug-likeness (QED) is 0.846. The molecule has 0 spiro atoms. The Labute approximate surface area is 159 Å². The molecule has 1 aliphatic rings. The number of carbonyl (C=O) groups excluding carboxylic acids is 1. The van der Waals surface area contributed by atoms with Crippen LogP contribution in [0.5, 0.6) is 0 Å². The Kier molecular flexibility index (Phi) is 5.78. The number of amides is 1. The maximum absolute atomic E-state index is 12.5. The standard InChI is InChI=1S/C20H27N5O2/c1-14-6-7-16(10-18(14)24(2)3)22-19(26)9-15-5-4-8-25(13-15)17-11-20(27)23-21-12-17/h6-7,10-12,15H,4-5,8-9,13H2,1-3H3,(H,22,26)(H,23,27). The molecule has 1 aromatic carbocycles. The summed E-state index contributed by atoms with van der Waals surface area (Å²) in [4.78, 5) is 28.2. The van der Waals surface area contributed by atoms with Crippen molar-refractivity contribution in [3.63, 3.8) is 0 Å². The third-order valence-corrected chi connectivity index (χ3v) is 4.98. The fourth-order valence-electron chi connectivity index (χ4n) is 3.65. The predicted octanol–water partition coefficient (Wildman–Crippen LogP) is 2.39. The van der Waals surface area contributed by atoms with Crippen LogP contribution in [0.15, 0.2) is 35.3 Å². The second-order valence-electron chi connectivity index (χ2n) is 7.41. The van der Waals surface area contributed by atoms with E-state index >= 15 is 0 Å². The molecule has 1 atom stereocenters. The average Bonchev–Trinajstić information content (AvgIpc) is 2.63. The van der Waals surface area contributed by atoms with E-state index in [1.54, 1.807) is 12.3 Å². The first-order valence-electron chi connectivity index (χ1n) is 9.30. The SMILES string of the molecule is Cc1ccc(NC(=O)CC2CCCN(c3cn[nH]c(=O)c3)C2)cc1N(C)C. The molecule has 27 heavy (non-hydrogen) atoms. The molecule has 1 fully saturated rings. The highest BCUT2D eigenvalue weighted by molar-refractivity contribution is 5.91. The second-order valence-corrected chi connectivity index (χ2v) is 7.41. The van der Waals surface area contributed by atoms with Crippen molar-refractivity contribution in [2.75, 3.05) is 42.3 Å². The lowest BCUT2D eigenvalue weighted by atomic mass is 9.94. The number of hydrogen-bond acceptors (Lipinski definition) is 5. The van der Waals surface area contributed by atoms with Gasteiger partial charge in [-0.15, -0.1) is 0 Å². The van der Waals surface area contributed by atoms with Gasteiger partial charge in [0.05, 0.1) is 11.9 Å². The summed E-state index contributed by atoms with van der Waals surface area (Å²) >= 11 is 0. The van der Waals surface area contributed by atoms with Crippen molar-refractivity contribution in [3.05, 3.63) is 46.4 Å². The summed E-state index contributed by atoms with van der Waals surface area (Å²) in [7, 11) is 3.99. The lowest BCUT2D eigenvalue weighted by molar-refractivity contribution is -0.117. The number of aryl methyl sites for hydroxylation is 1. The van der Waals surface area contributed by atoms with Crippen LogP contribution in [-0.4, -0.2) is 43.3 Å². The number of aromatic amines is 1. The van der Waals surface area contributed by atoms with Crippen LogP contribution < -0.4 is 20.7 Å². The molecule has 1 aliphatic heterocycles. The molecular weight excluding hydrogens is 342 g/mol. The Hall–Kier alpha value is -2.83. The van der Waals surface area contributed by atoms with Crippen LogP contribution in [0.2, 0.25) is 0 Å². The Morgan fingerprint density at radius 3 is 2.93 bits per heavy atom. The second kappa shape index (κ2) is 8.24. The molecule has 3 rings (SSSR count). The molecule has 144 valence electrons. The van der Waals surface area contributed by atoms with Gasteiger partial charge in [-0.3, -0.25) is 9.59 Å². The largest absolute Gasteiger partial charge is 0.377 e. The number of anilines is 3. The van der Waals surface area contributed by atoms with E-state index < -0.39 is 0 Å². The molecule has 1 aromatic heterocycles. The van der Waals surface area contributed by atoms with Gasteiger partial charge in [-0.05, 0) is 43.4 Å². The molecule has 0 saturated carbocycles. The van der Waals surface area contributed by atoms with Gasteiger partial charge in [-0.1, -0.05) is 6.07 Å². The molecule has 2 aromatic rings. The molecular formula is C20H27N5O2. The van der Waals surface area contributed by atoms with Gasteiger partial charge < -0.3 is 15.1 Å². The minimum Gasteiger partial charge on any atom is -0.377 e. The van der Waals surface area contributed by atoms with E-state index in [9.17, 15) is 9.59 Å². The van der Waals surface area contributed by atoms with Gasteiger partial charge in [0.15, 0.2) is 0 Å². The van der Waals surface area contributed by atoms with E-state index in [4.69, 9.17) is 0 Å². The van der Waals surface area contributed by atoms with Gasteiger partial charge in [-0.25, -0.2) is 5.10 Å². The van der Waals surface area contributed by atoms with Crippen LogP contribution in [0.1, 0.15) is 24.8 Å². The fourth-order valence-corrected chi connectivity index (χ4v) is 3.65. The highest BCUT2D eigenvalue weighted by Gasteiger charge is 2.23. The van der Waals surface area contributed by atoms with Gasteiger partial charge in [0.1, 0.15) is 0 Å². The molecule has 7 nitrogen and oxygen atoms in total. The third-order valence-electron chi connectivity index (χ3n) is 4.98. The molecule has 2 N–H and O–H groups in total. The van der Waals surface area contributed by atoms with E-state index in [0.29, 0.717) is 6.42 Å². The Morgan fingerprint density at radius 2 is 2.19 bits per heavy atom. The van der Waals surface area contributed by atoms with Crippen molar-refractivity contribution < 1.29 is 4.79 Å². The van der Waals surface area contributed by atoms with Crippen molar-refractivity contribution in [2.24, 2.45) is 5.92 Å². The highest BCUT2D eigenvalue weighted by atomic mass is 16.1. The van der Waals surface area contributed by atoms with Crippen molar-refractivity contribution in [2.45, 2.75) is 26.2 Å². The molecule has 0 bridgehead atoms. The Morgan fingerprint density at radius 1 is 1.37 bits per heavy atom. The predicted molar refractivity (Wildman–Crippen MR) is 109 cm³/mol. The minimum absolute atomic E-state index is 0.0273. The van der Waals surface area contributed by atoms with Crippen molar-refractivity contribution >= 4 is 23.0 Å². The first kappa shape index (κ1) is 18.9. The van der Waals surface area contributed by atoms with Crippen molar-refractivity contribution in [3.8, 4) is 0 Å². The molecule has 7 heteroatoms. The summed E-state index contributed by atoms with van der Waals surface area (Å²) in [6.45, 7) is 3.70. The van der Waals surface area contributed by atoms with Gasteiger partial charge in [0, 0.05) is 51.0 Å². The highest BCUT2D eigenvalue weighted by Crippen LogP contribution is 2.25. The number of rotatable bonds is 5. The number of carbonyl (C=O) groups is 1. The molecule has 0 aliphatic carbocycles. The maximum Gasteiger partial charge on any atom is 0.266 e. The van der Waals surface area contributed by atoms with E-state index in [1.165, 1.54) is 5.56 Å². The monoisotopic (exact) mass is 369 g/mol. The van der Waals surface area contributed by atoms with E-state index in [1.807, 2.05) is 37.2 Å². The van der Waals surface area contributed by atoms with Gasteiger partial charge in [0.25, 0.3) is 5.56 Å². The molecule has 2 heterocycles. The van der Waals surface area contributed by atoms with E-state index in [-0.39, 0.29) is 17.4 Å². The maximum atomic E-state index is 12.5. The smallest absolute Gasteiger partial charge is 0.266 e. The van der Waals surface area contributed by atoms with Gasteiger partial charge in [0.2, 0.25) is 5.91 Å².